The number of hydrogen-bond acceptors (Lipinski definition) is 7. The van der Waals surface area contributed by atoms with Gasteiger partial charge in [-0.3, -0.25) is 9.89 Å². The van der Waals surface area contributed by atoms with Crippen molar-refractivity contribution < 1.29 is 0 Å². The summed E-state index contributed by atoms with van der Waals surface area (Å²) in [6, 6.07) is 1.49. The minimum atomic E-state index is -0.172. The second-order valence-electron chi connectivity index (χ2n) is 4.12. The van der Waals surface area contributed by atoms with Crippen molar-refractivity contribution in [2.75, 3.05) is 0 Å². The summed E-state index contributed by atoms with van der Waals surface area (Å²) in [5.41, 5.74) is 0.478. The minimum absolute atomic E-state index is 0.172. The molecular weight excluding hydrogens is 280 g/mol. The van der Waals surface area contributed by atoms with Gasteiger partial charge in [-0.1, -0.05) is 18.7 Å². The lowest BCUT2D eigenvalue weighted by molar-refractivity contribution is 0.664. The van der Waals surface area contributed by atoms with Crippen LogP contribution in [0.5, 0.6) is 0 Å². The molecule has 3 rings (SSSR count). The standard InChI is InChI=1S/C10H12N8OS/c1-3-7-12-9-11-6(4-8(19)18(9)14-7)5-20-10-13-15-16-17(10)2/h4H,3,5H2,1-2H3,(H,11,12,14). The van der Waals surface area contributed by atoms with E-state index in [1.807, 2.05) is 6.92 Å². The van der Waals surface area contributed by atoms with Gasteiger partial charge in [-0.15, -0.1) is 5.10 Å². The first kappa shape index (κ1) is 12.8. The molecule has 0 saturated heterocycles. The lowest BCUT2D eigenvalue weighted by atomic mass is 10.4. The Morgan fingerprint density at radius 2 is 2.25 bits per heavy atom. The zero-order valence-electron chi connectivity index (χ0n) is 10.9. The van der Waals surface area contributed by atoms with Crippen LogP contribution in [0.2, 0.25) is 0 Å². The monoisotopic (exact) mass is 292 g/mol. The summed E-state index contributed by atoms with van der Waals surface area (Å²) >= 11 is 1.41. The Kier molecular flexibility index (Phi) is 3.22. The predicted octanol–water partition coefficient (Wildman–Crippen LogP) is -0.204. The van der Waals surface area contributed by atoms with Crippen molar-refractivity contribution in [1.82, 2.24) is 39.8 Å². The number of rotatable bonds is 4. The number of aromatic amines is 1. The Balaban J connectivity index is 1.88. The Morgan fingerprint density at radius 3 is 2.95 bits per heavy atom. The second kappa shape index (κ2) is 5.04. The van der Waals surface area contributed by atoms with Gasteiger partial charge in [0.1, 0.15) is 5.82 Å². The van der Waals surface area contributed by atoms with Crippen molar-refractivity contribution in [2.24, 2.45) is 7.05 Å². The van der Waals surface area contributed by atoms with E-state index in [9.17, 15) is 4.79 Å². The molecule has 10 heteroatoms. The van der Waals surface area contributed by atoms with Crippen molar-refractivity contribution in [2.45, 2.75) is 24.3 Å². The van der Waals surface area contributed by atoms with Crippen LogP contribution >= 0.6 is 11.8 Å². The molecule has 0 radical (unpaired) electrons. The molecule has 0 aliphatic heterocycles. The van der Waals surface area contributed by atoms with Crippen LogP contribution in [0.1, 0.15) is 18.4 Å². The minimum Gasteiger partial charge on any atom is -0.275 e. The molecule has 104 valence electrons. The van der Waals surface area contributed by atoms with Crippen LogP contribution in [0.25, 0.3) is 5.78 Å². The van der Waals surface area contributed by atoms with Crippen molar-refractivity contribution >= 4 is 17.5 Å². The smallest absolute Gasteiger partial charge is 0.274 e. The molecule has 0 aliphatic carbocycles. The molecule has 0 atom stereocenters. The number of thioether (sulfide) groups is 1. The van der Waals surface area contributed by atoms with Crippen molar-refractivity contribution in [3.05, 3.63) is 27.9 Å². The SMILES string of the molecule is CCc1nc2nc(CSc3nnnn3C)cc(=O)n2[nH]1. The molecule has 3 aromatic rings. The average molecular weight is 292 g/mol. The van der Waals surface area contributed by atoms with Gasteiger partial charge in [0, 0.05) is 25.3 Å². The fraction of sp³-hybridized carbons (Fsp3) is 0.400. The highest BCUT2D eigenvalue weighted by Gasteiger charge is 2.09. The van der Waals surface area contributed by atoms with E-state index in [1.54, 1.807) is 11.7 Å². The summed E-state index contributed by atoms with van der Waals surface area (Å²) in [7, 11) is 1.76. The molecule has 9 nitrogen and oxygen atoms in total. The maximum atomic E-state index is 12.0. The molecule has 1 N–H and O–H groups in total. The summed E-state index contributed by atoms with van der Waals surface area (Å²) in [6.07, 6.45) is 0.720. The third kappa shape index (κ3) is 2.29. The summed E-state index contributed by atoms with van der Waals surface area (Å²) in [4.78, 5) is 20.6. The van der Waals surface area contributed by atoms with E-state index >= 15 is 0 Å². The third-order valence-electron chi connectivity index (χ3n) is 2.70. The van der Waals surface area contributed by atoms with Crippen molar-refractivity contribution in [3.8, 4) is 0 Å². The Morgan fingerprint density at radius 1 is 1.40 bits per heavy atom. The van der Waals surface area contributed by atoms with Gasteiger partial charge < -0.3 is 0 Å². The molecule has 3 aromatic heterocycles. The number of tetrazole rings is 1. The normalized spacial score (nSPS) is 11.3. The average Bonchev–Trinajstić information content (AvgIpc) is 3.02. The summed E-state index contributed by atoms with van der Waals surface area (Å²) in [5, 5.41) is 14.7. The van der Waals surface area contributed by atoms with E-state index in [-0.39, 0.29) is 5.56 Å². The molecular formula is C10H12N8OS. The quantitative estimate of drug-likeness (QED) is 0.663. The van der Waals surface area contributed by atoms with Gasteiger partial charge in [0.05, 0.1) is 5.69 Å². The van der Waals surface area contributed by atoms with Gasteiger partial charge in [0.15, 0.2) is 0 Å². The molecule has 20 heavy (non-hydrogen) atoms. The lowest BCUT2D eigenvalue weighted by Crippen LogP contribution is -2.15. The highest BCUT2D eigenvalue weighted by Crippen LogP contribution is 2.17. The van der Waals surface area contributed by atoms with Gasteiger partial charge in [-0.25, -0.2) is 9.67 Å². The number of H-pyrrole nitrogens is 1. The first-order valence-corrected chi connectivity index (χ1v) is 6.98. The number of fused-ring (bicyclic) bond motifs is 1. The molecule has 0 fully saturated rings. The first-order valence-electron chi connectivity index (χ1n) is 6.00. The Labute approximate surface area is 117 Å². The van der Waals surface area contributed by atoms with Crippen LogP contribution in [-0.2, 0) is 19.2 Å². The number of aryl methyl sites for hydroxylation is 2. The van der Waals surface area contributed by atoms with Gasteiger partial charge in [-0.2, -0.15) is 9.50 Å². The highest BCUT2D eigenvalue weighted by molar-refractivity contribution is 7.98. The first-order chi connectivity index (χ1) is 9.67. The summed E-state index contributed by atoms with van der Waals surface area (Å²) < 4.78 is 2.91. The fourth-order valence-corrected chi connectivity index (χ4v) is 2.43. The topological polar surface area (TPSA) is 107 Å². The zero-order chi connectivity index (χ0) is 14.1. The van der Waals surface area contributed by atoms with E-state index < -0.39 is 0 Å². The summed E-state index contributed by atoms with van der Waals surface area (Å²) in [5.74, 6) is 1.63. The Bertz CT molecular complexity index is 803. The number of hydrogen-bond donors (Lipinski definition) is 1. The van der Waals surface area contributed by atoms with Crippen LogP contribution < -0.4 is 5.56 Å². The largest absolute Gasteiger partial charge is 0.275 e. The number of nitrogens with one attached hydrogen (secondary N) is 1. The maximum absolute atomic E-state index is 12.0. The van der Waals surface area contributed by atoms with Crippen LogP contribution in [0, 0.1) is 0 Å². The van der Waals surface area contributed by atoms with Crippen molar-refractivity contribution in [1.29, 1.82) is 0 Å². The van der Waals surface area contributed by atoms with Crippen LogP contribution in [0.3, 0.4) is 0 Å². The lowest BCUT2D eigenvalue weighted by Gasteiger charge is -1.99. The van der Waals surface area contributed by atoms with E-state index in [2.05, 4.69) is 30.6 Å². The second-order valence-corrected chi connectivity index (χ2v) is 5.06. The molecule has 0 spiro atoms. The zero-order valence-corrected chi connectivity index (χ0v) is 11.8. The molecule has 0 aromatic carbocycles. The van der Waals surface area contributed by atoms with Crippen LogP contribution in [-0.4, -0.2) is 39.8 Å². The molecule has 0 amide bonds. The van der Waals surface area contributed by atoms with Crippen LogP contribution in [0.15, 0.2) is 16.0 Å². The Hall–Kier alpha value is -2.23. The molecule has 0 bridgehead atoms. The fourth-order valence-electron chi connectivity index (χ4n) is 1.69. The summed E-state index contributed by atoms with van der Waals surface area (Å²) in [6.45, 7) is 1.96. The van der Waals surface area contributed by atoms with E-state index in [1.165, 1.54) is 22.3 Å². The van der Waals surface area contributed by atoms with Gasteiger partial charge in [0.2, 0.25) is 5.16 Å². The molecule has 0 saturated carbocycles. The molecule has 0 aliphatic rings. The van der Waals surface area contributed by atoms with Gasteiger partial charge in [0.25, 0.3) is 11.3 Å². The van der Waals surface area contributed by atoms with Gasteiger partial charge in [-0.05, 0) is 10.4 Å². The highest BCUT2D eigenvalue weighted by atomic mass is 32.2. The molecule has 0 unspecified atom stereocenters. The number of aromatic nitrogens is 8. The van der Waals surface area contributed by atoms with E-state index in [0.29, 0.717) is 22.4 Å². The van der Waals surface area contributed by atoms with E-state index in [0.717, 1.165) is 12.2 Å². The molecule has 3 heterocycles. The third-order valence-corrected chi connectivity index (χ3v) is 3.74. The predicted molar refractivity (Wildman–Crippen MR) is 71.3 cm³/mol. The van der Waals surface area contributed by atoms with E-state index in [4.69, 9.17) is 0 Å². The number of nitrogens with zero attached hydrogens (tertiary/aromatic N) is 7. The van der Waals surface area contributed by atoms with Crippen molar-refractivity contribution in [3.63, 3.8) is 0 Å². The van der Waals surface area contributed by atoms with Gasteiger partial charge >= 0.3 is 0 Å². The maximum Gasteiger partial charge on any atom is 0.274 e. The van der Waals surface area contributed by atoms with Crippen LogP contribution in [0.4, 0.5) is 0 Å².